The van der Waals surface area contributed by atoms with Crippen molar-refractivity contribution in [2.45, 2.75) is 110 Å². The molecule has 1 aliphatic carbocycles. The number of rotatable bonds is 4. The third-order valence-electron chi connectivity index (χ3n) is 4.10. The SMILES string of the molecule is CC(C)NC1CCCCCC(NC(C)C)CCCC1. The molecule has 2 N–H and O–H groups in total. The van der Waals surface area contributed by atoms with E-state index in [1.807, 2.05) is 0 Å². The Bertz CT molecular complexity index is 191. The van der Waals surface area contributed by atoms with E-state index in [1.54, 1.807) is 0 Å². The third-order valence-corrected chi connectivity index (χ3v) is 4.10. The molecule has 0 saturated heterocycles. The molecule has 1 fully saturated rings. The molecule has 1 saturated carbocycles. The zero-order valence-corrected chi connectivity index (χ0v) is 13.7. The molecule has 1 aliphatic rings. The van der Waals surface area contributed by atoms with E-state index >= 15 is 0 Å². The summed E-state index contributed by atoms with van der Waals surface area (Å²) in [6, 6.07) is 2.78. The van der Waals surface area contributed by atoms with E-state index in [1.165, 1.54) is 57.8 Å². The Morgan fingerprint density at radius 3 is 1.21 bits per heavy atom. The maximum absolute atomic E-state index is 3.75. The second-order valence-corrected chi connectivity index (χ2v) is 6.96. The van der Waals surface area contributed by atoms with E-state index in [4.69, 9.17) is 0 Å². The van der Waals surface area contributed by atoms with Gasteiger partial charge in [0.25, 0.3) is 0 Å². The van der Waals surface area contributed by atoms with Gasteiger partial charge in [0.2, 0.25) is 0 Å². The maximum atomic E-state index is 3.75. The highest BCUT2D eigenvalue weighted by atomic mass is 14.9. The van der Waals surface area contributed by atoms with Gasteiger partial charge < -0.3 is 10.6 Å². The highest BCUT2D eigenvalue weighted by Gasteiger charge is 2.14. The second-order valence-electron chi connectivity index (χ2n) is 6.96. The van der Waals surface area contributed by atoms with Gasteiger partial charge in [-0.1, -0.05) is 59.8 Å². The molecule has 1 rings (SSSR count). The quantitative estimate of drug-likeness (QED) is 0.796. The van der Waals surface area contributed by atoms with Crippen LogP contribution in [0.25, 0.3) is 0 Å². The Balaban J connectivity index is 2.36. The fraction of sp³-hybridized carbons (Fsp3) is 1.00. The fourth-order valence-corrected chi connectivity index (χ4v) is 3.30. The summed E-state index contributed by atoms with van der Waals surface area (Å²) in [5.74, 6) is 0. The van der Waals surface area contributed by atoms with E-state index in [0.717, 1.165) is 12.1 Å². The fourth-order valence-electron chi connectivity index (χ4n) is 3.30. The molecule has 2 nitrogen and oxygen atoms in total. The van der Waals surface area contributed by atoms with Gasteiger partial charge in [-0.05, 0) is 25.7 Å². The van der Waals surface area contributed by atoms with Crippen molar-refractivity contribution in [2.24, 2.45) is 0 Å². The van der Waals surface area contributed by atoms with Crippen molar-refractivity contribution in [1.82, 2.24) is 10.6 Å². The van der Waals surface area contributed by atoms with E-state index in [9.17, 15) is 0 Å². The number of hydrogen-bond donors (Lipinski definition) is 2. The topological polar surface area (TPSA) is 24.1 Å². The van der Waals surface area contributed by atoms with Gasteiger partial charge in [0.1, 0.15) is 0 Å². The van der Waals surface area contributed by atoms with Gasteiger partial charge >= 0.3 is 0 Å². The Morgan fingerprint density at radius 2 is 0.895 bits per heavy atom. The summed E-state index contributed by atoms with van der Waals surface area (Å²) in [7, 11) is 0. The largest absolute Gasteiger partial charge is 0.312 e. The van der Waals surface area contributed by atoms with Crippen LogP contribution in [-0.4, -0.2) is 24.2 Å². The van der Waals surface area contributed by atoms with E-state index < -0.39 is 0 Å². The third kappa shape index (κ3) is 8.65. The van der Waals surface area contributed by atoms with Gasteiger partial charge in [0.05, 0.1) is 0 Å². The predicted octanol–water partition coefficient (Wildman–Crippen LogP) is 4.24. The molecular formula is C17H36N2. The first-order valence-electron chi connectivity index (χ1n) is 8.60. The molecule has 0 aromatic rings. The van der Waals surface area contributed by atoms with Crippen LogP contribution in [0.5, 0.6) is 0 Å². The molecule has 0 radical (unpaired) electrons. The van der Waals surface area contributed by atoms with Crippen LogP contribution < -0.4 is 10.6 Å². The van der Waals surface area contributed by atoms with Crippen LogP contribution >= 0.6 is 0 Å². The van der Waals surface area contributed by atoms with Crippen LogP contribution in [0.4, 0.5) is 0 Å². The van der Waals surface area contributed by atoms with Gasteiger partial charge in [-0.2, -0.15) is 0 Å². The molecule has 2 unspecified atom stereocenters. The Labute approximate surface area is 121 Å². The highest BCUT2D eigenvalue weighted by Crippen LogP contribution is 2.18. The molecule has 0 aromatic carbocycles. The van der Waals surface area contributed by atoms with Crippen molar-refractivity contribution in [1.29, 1.82) is 0 Å². The van der Waals surface area contributed by atoms with Crippen molar-refractivity contribution in [3.63, 3.8) is 0 Å². The molecular weight excluding hydrogens is 232 g/mol. The maximum Gasteiger partial charge on any atom is 0.00694 e. The van der Waals surface area contributed by atoms with Gasteiger partial charge in [-0.3, -0.25) is 0 Å². The predicted molar refractivity (Wildman–Crippen MR) is 85.7 cm³/mol. The standard InChI is InChI=1S/C17H36N2/c1-14(2)18-16-10-6-5-7-11-17(19-15(3)4)13-9-8-12-16/h14-19H,5-13H2,1-4H3. The van der Waals surface area contributed by atoms with Crippen LogP contribution in [0.2, 0.25) is 0 Å². The summed E-state index contributed by atoms with van der Waals surface area (Å²) in [4.78, 5) is 0. The number of hydrogen-bond acceptors (Lipinski definition) is 2. The first-order chi connectivity index (χ1) is 9.08. The number of nitrogens with one attached hydrogen (secondary N) is 2. The van der Waals surface area contributed by atoms with Crippen molar-refractivity contribution in [3.05, 3.63) is 0 Å². The lowest BCUT2D eigenvalue weighted by Gasteiger charge is -2.22. The minimum Gasteiger partial charge on any atom is -0.312 e. The average molecular weight is 268 g/mol. The first kappa shape index (κ1) is 17.0. The summed E-state index contributed by atoms with van der Waals surface area (Å²) in [5, 5.41) is 7.49. The highest BCUT2D eigenvalue weighted by molar-refractivity contribution is 4.74. The van der Waals surface area contributed by atoms with Crippen LogP contribution in [0, 0.1) is 0 Å². The molecule has 0 bridgehead atoms. The lowest BCUT2D eigenvalue weighted by molar-refractivity contribution is 0.384. The molecule has 0 aliphatic heterocycles. The van der Waals surface area contributed by atoms with Crippen molar-refractivity contribution in [3.8, 4) is 0 Å². The summed E-state index contributed by atoms with van der Waals surface area (Å²) in [6.07, 6.45) is 12.5. The Kier molecular flexibility index (Phi) is 8.72. The molecule has 0 heterocycles. The summed E-state index contributed by atoms with van der Waals surface area (Å²) in [6.45, 7) is 9.09. The van der Waals surface area contributed by atoms with Gasteiger partial charge in [-0.25, -0.2) is 0 Å². The van der Waals surface area contributed by atoms with E-state index in [0.29, 0.717) is 12.1 Å². The molecule has 0 spiro atoms. The molecule has 114 valence electrons. The molecule has 2 heteroatoms. The summed E-state index contributed by atoms with van der Waals surface area (Å²) >= 11 is 0. The minimum absolute atomic E-state index is 0.630. The van der Waals surface area contributed by atoms with Crippen molar-refractivity contribution >= 4 is 0 Å². The second kappa shape index (κ2) is 9.77. The van der Waals surface area contributed by atoms with Crippen LogP contribution in [0.3, 0.4) is 0 Å². The molecule has 0 amide bonds. The average Bonchev–Trinajstić information content (AvgIpc) is 2.35. The lowest BCUT2D eigenvalue weighted by Crippen LogP contribution is -2.35. The van der Waals surface area contributed by atoms with Crippen LogP contribution in [-0.2, 0) is 0 Å². The normalized spacial score (nSPS) is 27.5. The lowest BCUT2D eigenvalue weighted by atomic mass is 10.0. The Morgan fingerprint density at radius 1 is 0.579 bits per heavy atom. The van der Waals surface area contributed by atoms with Crippen molar-refractivity contribution < 1.29 is 0 Å². The Hall–Kier alpha value is -0.0800. The van der Waals surface area contributed by atoms with Crippen LogP contribution in [0.1, 0.15) is 85.5 Å². The van der Waals surface area contributed by atoms with E-state index in [-0.39, 0.29) is 0 Å². The molecule has 19 heavy (non-hydrogen) atoms. The summed E-state index contributed by atoms with van der Waals surface area (Å²) in [5.41, 5.74) is 0. The summed E-state index contributed by atoms with van der Waals surface area (Å²) < 4.78 is 0. The van der Waals surface area contributed by atoms with E-state index in [2.05, 4.69) is 38.3 Å². The van der Waals surface area contributed by atoms with Gasteiger partial charge in [-0.15, -0.1) is 0 Å². The monoisotopic (exact) mass is 268 g/mol. The minimum atomic E-state index is 0.630. The van der Waals surface area contributed by atoms with Gasteiger partial charge in [0, 0.05) is 24.2 Å². The molecule has 2 atom stereocenters. The van der Waals surface area contributed by atoms with Crippen molar-refractivity contribution in [2.75, 3.05) is 0 Å². The van der Waals surface area contributed by atoms with Crippen LogP contribution in [0.15, 0.2) is 0 Å². The first-order valence-corrected chi connectivity index (χ1v) is 8.60. The van der Waals surface area contributed by atoms with Gasteiger partial charge in [0.15, 0.2) is 0 Å². The zero-order chi connectivity index (χ0) is 14.1. The molecule has 0 aromatic heterocycles. The smallest absolute Gasteiger partial charge is 0.00694 e. The zero-order valence-electron chi connectivity index (χ0n) is 13.7.